The second-order valence-electron chi connectivity index (χ2n) is 6.94. The molecule has 126 valence electrons. The van der Waals surface area contributed by atoms with Crippen molar-refractivity contribution in [2.24, 2.45) is 7.05 Å². The Hall–Kier alpha value is -3.20. The van der Waals surface area contributed by atoms with Crippen LogP contribution in [0.2, 0.25) is 0 Å². The van der Waals surface area contributed by atoms with E-state index in [9.17, 15) is 0 Å². The summed E-state index contributed by atoms with van der Waals surface area (Å²) >= 11 is 0. The SMILES string of the molecule is Cc1cc2c(oc3cc4ccccc4cc32)c(-c2ccnc[n+]2C)c1C. The number of rotatable bonds is 1. The molecule has 0 aliphatic heterocycles. The molecule has 5 rings (SSSR count). The van der Waals surface area contributed by atoms with Crippen LogP contribution < -0.4 is 4.57 Å². The lowest BCUT2D eigenvalue weighted by atomic mass is 9.96. The van der Waals surface area contributed by atoms with Gasteiger partial charge >= 0.3 is 0 Å². The van der Waals surface area contributed by atoms with Crippen LogP contribution in [0.5, 0.6) is 0 Å². The lowest BCUT2D eigenvalue weighted by Crippen LogP contribution is -2.31. The van der Waals surface area contributed by atoms with E-state index in [0.717, 1.165) is 22.4 Å². The molecule has 0 radical (unpaired) electrons. The first kappa shape index (κ1) is 15.1. The number of aryl methyl sites for hydroxylation is 2. The van der Waals surface area contributed by atoms with Crippen molar-refractivity contribution in [3.8, 4) is 11.3 Å². The summed E-state index contributed by atoms with van der Waals surface area (Å²) < 4.78 is 8.45. The van der Waals surface area contributed by atoms with Crippen molar-refractivity contribution < 1.29 is 8.98 Å². The van der Waals surface area contributed by atoms with E-state index in [2.05, 4.69) is 61.3 Å². The minimum atomic E-state index is 0.932. The minimum Gasteiger partial charge on any atom is -0.455 e. The van der Waals surface area contributed by atoms with Gasteiger partial charge in [0.25, 0.3) is 6.33 Å². The lowest BCUT2D eigenvalue weighted by molar-refractivity contribution is -0.663. The molecule has 0 N–H and O–H groups in total. The van der Waals surface area contributed by atoms with Crippen molar-refractivity contribution in [1.29, 1.82) is 0 Å². The molecular formula is C23H19N2O+. The van der Waals surface area contributed by atoms with Crippen LogP contribution >= 0.6 is 0 Å². The summed E-state index contributed by atoms with van der Waals surface area (Å²) in [7, 11) is 2.02. The monoisotopic (exact) mass is 339 g/mol. The van der Waals surface area contributed by atoms with Gasteiger partial charge in [-0.3, -0.25) is 0 Å². The fourth-order valence-corrected chi connectivity index (χ4v) is 3.82. The molecular weight excluding hydrogens is 320 g/mol. The third-order valence-corrected chi connectivity index (χ3v) is 5.34. The fourth-order valence-electron chi connectivity index (χ4n) is 3.82. The second kappa shape index (κ2) is 5.40. The Morgan fingerprint density at radius 2 is 1.69 bits per heavy atom. The van der Waals surface area contributed by atoms with Crippen molar-refractivity contribution in [2.45, 2.75) is 13.8 Å². The summed E-state index contributed by atoms with van der Waals surface area (Å²) in [4.78, 5) is 4.21. The van der Waals surface area contributed by atoms with Crippen LogP contribution in [-0.2, 0) is 7.05 Å². The number of furan rings is 1. The summed E-state index contributed by atoms with van der Waals surface area (Å²) in [5, 5.41) is 4.76. The molecule has 0 saturated heterocycles. The van der Waals surface area contributed by atoms with Crippen LogP contribution in [-0.4, -0.2) is 4.98 Å². The number of aromatic nitrogens is 2. The molecule has 3 nitrogen and oxygen atoms in total. The van der Waals surface area contributed by atoms with Gasteiger partial charge < -0.3 is 4.42 Å². The molecule has 0 bridgehead atoms. The predicted octanol–water partition coefficient (Wildman–Crippen LogP) is 5.24. The number of fused-ring (bicyclic) bond motifs is 4. The molecule has 0 unspecified atom stereocenters. The first-order valence-electron chi connectivity index (χ1n) is 8.79. The van der Waals surface area contributed by atoms with E-state index in [1.54, 1.807) is 0 Å². The second-order valence-corrected chi connectivity index (χ2v) is 6.94. The third kappa shape index (κ3) is 2.07. The molecule has 5 aromatic rings. The molecule has 2 heterocycles. The number of hydrogen-bond donors (Lipinski definition) is 0. The number of nitrogens with zero attached hydrogens (tertiary/aromatic N) is 2. The van der Waals surface area contributed by atoms with Gasteiger partial charge in [-0.05, 0) is 53.9 Å². The Morgan fingerprint density at radius 1 is 0.923 bits per heavy atom. The summed E-state index contributed by atoms with van der Waals surface area (Å²) in [5.74, 6) is 0. The number of benzene rings is 3. The summed E-state index contributed by atoms with van der Waals surface area (Å²) in [5.41, 5.74) is 6.63. The van der Waals surface area contributed by atoms with E-state index in [4.69, 9.17) is 4.42 Å². The van der Waals surface area contributed by atoms with Crippen LogP contribution in [0.3, 0.4) is 0 Å². The highest BCUT2D eigenvalue weighted by molar-refractivity contribution is 6.13. The molecule has 26 heavy (non-hydrogen) atoms. The Balaban J connectivity index is 1.97. The maximum atomic E-state index is 6.40. The predicted molar refractivity (Wildman–Crippen MR) is 105 cm³/mol. The summed E-state index contributed by atoms with van der Waals surface area (Å²) in [6.45, 7) is 4.33. The molecule has 0 spiro atoms. The molecule has 3 aromatic carbocycles. The van der Waals surface area contributed by atoms with E-state index in [1.807, 2.05) is 30.2 Å². The average molecular weight is 339 g/mol. The van der Waals surface area contributed by atoms with Gasteiger partial charge in [0.05, 0.1) is 12.6 Å². The average Bonchev–Trinajstić information content (AvgIpc) is 2.99. The molecule has 0 amide bonds. The zero-order chi connectivity index (χ0) is 17.8. The van der Waals surface area contributed by atoms with Crippen molar-refractivity contribution >= 4 is 32.7 Å². The largest absolute Gasteiger partial charge is 0.455 e. The number of hydrogen-bond acceptors (Lipinski definition) is 2. The highest BCUT2D eigenvalue weighted by Crippen LogP contribution is 2.39. The van der Waals surface area contributed by atoms with Crippen LogP contribution in [0.1, 0.15) is 11.1 Å². The van der Waals surface area contributed by atoms with E-state index in [1.165, 1.54) is 32.7 Å². The normalized spacial score (nSPS) is 11.7. The van der Waals surface area contributed by atoms with Gasteiger partial charge in [0.1, 0.15) is 23.1 Å². The van der Waals surface area contributed by atoms with E-state index in [0.29, 0.717) is 0 Å². The smallest absolute Gasteiger partial charge is 0.286 e. The van der Waals surface area contributed by atoms with Crippen molar-refractivity contribution in [2.75, 3.05) is 0 Å². The van der Waals surface area contributed by atoms with Gasteiger partial charge in [-0.15, -0.1) is 0 Å². The summed E-state index contributed by atoms with van der Waals surface area (Å²) in [6, 6.07) is 17.1. The van der Waals surface area contributed by atoms with Crippen LogP contribution in [0.25, 0.3) is 44.0 Å². The van der Waals surface area contributed by atoms with Crippen LogP contribution in [0.4, 0.5) is 0 Å². The molecule has 0 aliphatic rings. The zero-order valence-electron chi connectivity index (χ0n) is 15.1. The van der Waals surface area contributed by atoms with Gasteiger partial charge in [-0.1, -0.05) is 29.2 Å². The van der Waals surface area contributed by atoms with Crippen LogP contribution in [0, 0.1) is 13.8 Å². The topological polar surface area (TPSA) is 29.9 Å². The Labute approximate surface area is 151 Å². The van der Waals surface area contributed by atoms with Gasteiger partial charge in [0.15, 0.2) is 0 Å². The Morgan fingerprint density at radius 3 is 2.46 bits per heavy atom. The third-order valence-electron chi connectivity index (χ3n) is 5.34. The van der Waals surface area contributed by atoms with Crippen molar-refractivity contribution in [1.82, 2.24) is 4.98 Å². The fraction of sp³-hybridized carbons (Fsp3) is 0.130. The van der Waals surface area contributed by atoms with E-state index in [-0.39, 0.29) is 0 Å². The van der Waals surface area contributed by atoms with Crippen molar-refractivity contribution in [3.63, 3.8) is 0 Å². The highest BCUT2D eigenvalue weighted by Gasteiger charge is 2.20. The molecule has 3 heteroatoms. The zero-order valence-corrected chi connectivity index (χ0v) is 15.1. The van der Waals surface area contributed by atoms with Gasteiger partial charge in [-0.2, -0.15) is 0 Å². The maximum absolute atomic E-state index is 6.40. The quantitative estimate of drug-likeness (QED) is 0.391. The van der Waals surface area contributed by atoms with Crippen LogP contribution in [0.15, 0.2) is 65.5 Å². The van der Waals surface area contributed by atoms with E-state index >= 15 is 0 Å². The van der Waals surface area contributed by atoms with Gasteiger partial charge in [0.2, 0.25) is 0 Å². The van der Waals surface area contributed by atoms with Gasteiger partial charge in [0, 0.05) is 16.8 Å². The molecule has 0 atom stereocenters. The molecule has 0 fully saturated rings. The molecule has 0 aliphatic carbocycles. The highest BCUT2D eigenvalue weighted by atomic mass is 16.3. The molecule has 2 aromatic heterocycles. The first-order valence-corrected chi connectivity index (χ1v) is 8.79. The molecule has 0 saturated carbocycles. The summed E-state index contributed by atoms with van der Waals surface area (Å²) in [6.07, 6.45) is 3.67. The Kier molecular flexibility index (Phi) is 3.13. The lowest BCUT2D eigenvalue weighted by Gasteiger charge is -2.09. The first-order chi connectivity index (χ1) is 12.6. The minimum absolute atomic E-state index is 0.932. The standard InChI is InChI=1S/C23H19N2O/c1-14-10-19-18-11-16-6-4-5-7-17(16)12-21(18)26-23(19)22(15(14)2)20-8-9-24-13-25(20)3/h4-13H,1-3H3/q+1. The van der Waals surface area contributed by atoms with Crippen molar-refractivity contribution in [3.05, 3.63) is 72.2 Å². The van der Waals surface area contributed by atoms with Gasteiger partial charge in [-0.25, -0.2) is 4.57 Å². The Bertz CT molecular complexity index is 1310. The maximum Gasteiger partial charge on any atom is 0.286 e. The van der Waals surface area contributed by atoms with E-state index < -0.39 is 0 Å².